The van der Waals surface area contributed by atoms with Gasteiger partial charge in [-0.15, -0.1) is 0 Å². The lowest BCUT2D eigenvalue weighted by Crippen LogP contribution is -2.12. The van der Waals surface area contributed by atoms with E-state index in [4.69, 9.17) is 14.7 Å². The summed E-state index contributed by atoms with van der Waals surface area (Å²) in [6.07, 6.45) is 0. The summed E-state index contributed by atoms with van der Waals surface area (Å²) in [7, 11) is 1.63. The molecule has 0 aliphatic heterocycles. The number of nitrogens with one attached hydrogen (secondary N) is 1. The lowest BCUT2D eigenvalue weighted by atomic mass is 10.1. The largest absolute Gasteiger partial charge is 0.497 e. The topological polar surface area (TPSA) is 67.2 Å². The number of aromatic nitrogens is 1. The van der Waals surface area contributed by atoms with Crippen molar-refractivity contribution in [3.63, 3.8) is 0 Å². The Balaban J connectivity index is 1.66. The van der Waals surface area contributed by atoms with Gasteiger partial charge in [-0.1, -0.05) is 24.3 Å². The average Bonchev–Trinajstić information content (AvgIpc) is 2.65. The van der Waals surface area contributed by atoms with Crippen molar-refractivity contribution in [3.05, 3.63) is 60.3 Å². The van der Waals surface area contributed by atoms with E-state index in [1.54, 1.807) is 13.2 Å². The fourth-order valence-electron chi connectivity index (χ4n) is 2.42. The van der Waals surface area contributed by atoms with Gasteiger partial charge in [0.15, 0.2) is 0 Å². The first-order valence-corrected chi connectivity index (χ1v) is 7.61. The highest BCUT2D eigenvalue weighted by Gasteiger charge is 2.05. The Bertz CT molecular complexity index is 887. The van der Waals surface area contributed by atoms with E-state index in [0.29, 0.717) is 18.8 Å². The van der Waals surface area contributed by atoms with Gasteiger partial charge in [0, 0.05) is 23.7 Å². The van der Waals surface area contributed by atoms with Crippen molar-refractivity contribution in [2.75, 3.05) is 25.6 Å². The van der Waals surface area contributed by atoms with E-state index >= 15 is 0 Å². The van der Waals surface area contributed by atoms with Crippen molar-refractivity contribution < 1.29 is 9.47 Å². The molecule has 0 saturated carbocycles. The van der Waals surface area contributed by atoms with Crippen LogP contribution >= 0.6 is 0 Å². The number of rotatable bonds is 6. The molecule has 5 heteroatoms. The van der Waals surface area contributed by atoms with Crippen molar-refractivity contribution in [3.8, 4) is 17.6 Å². The molecule has 0 bridgehead atoms. The number of anilines is 1. The molecular formula is C19H17N3O2. The van der Waals surface area contributed by atoms with Crippen LogP contribution in [0.15, 0.2) is 54.6 Å². The normalized spacial score (nSPS) is 10.2. The molecule has 0 saturated heterocycles. The van der Waals surface area contributed by atoms with Gasteiger partial charge >= 0.3 is 0 Å². The van der Waals surface area contributed by atoms with Gasteiger partial charge in [-0.3, -0.25) is 0 Å². The summed E-state index contributed by atoms with van der Waals surface area (Å²) in [5.41, 5.74) is 2.07. The molecule has 0 unspecified atom stereocenters. The number of para-hydroxylation sites is 1. The second-order valence-corrected chi connectivity index (χ2v) is 5.14. The Labute approximate surface area is 140 Å². The first-order valence-electron chi connectivity index (χ1n) is 7.61. The number of ether oxygens (including phenoxy) is 2. The van der Waals surface area contributed by atoms with Gasteiger partial charge in [-0.05, 0) is 24.3 Å². The fourth-order valence-corrected chi connectivity index (χ4v) is 2.42. The molecule has 0 aliphatic carbocycles. The summed E-state index contributed by atoms with van der Waals surface area (Å²) >= 11 is 0. The minimum atomic E-state index is 0.393. The van der Waals surface area contributed by atoms with Crippen molar-refractivity contribution in [1.29, 1.82) is 5.26 Å². The molecule has 0 radical (unpaired) electrons. The molecule has 2 aromatic carbocycles. The van der Waals surface area contributed by atoms with Crippen LogP contribution in [0.3, 0.4) is 0 Å². The van der Waals surface area contributed by atoms with Crippen LogP contribution in [0.2, 0.25) is 0 Å². The lowest BCUT2D eigenvalue weighted by molar-refractivity contribution is 0.329. The maximum Gasteiger partial charge on any atom is 0.143 e. The Morgan fingerprint density at radius 2 is 1.92 bits per heavy atom. The summed E-state index contributed by atoms with van der Waals surface area (Å²) in [6.45, 7) is 1.10. The first-order chi connectivity index (χ1) is 11.8. The van der Waals surface area contributed by atoms with Crippen molar-refractivity contribution in [1.82, 2.24) is 4.98 Å². The molecule has 0 atom stereocenters. The fraction of sp³-hybridized carbons (Fsp3) is 0.158. The molecule has 24 heavy (non-hydrogen) atoms. The zero-order chi connectivity index (χ0) is 16.8. The molecule has 0 amide bonds. The smallest absolute Gasteiger partial charge is 0.143 e. The Morgan fingerprint density at radius 1 is 1.08 bits per heavy atom. The number of nitriles is 1. The molecular weight excluding hydrogens is 302 g/mol. The minimum absolute atomic E-state index is 0.393. The Kier molecular flexibility index (Phi) is 4.78. The SMILES string of the molecule is COc1cccc(OCCNc2cc(C#N)nc3ccccc23)c1. The van der Waals surface area contributed by atoms with E-state index in [-0.39, 0.29) is 0 Å². The third-order valence-electron chi connectivity index (χ3n) is 3.56. The summed E-state index contributed by atoms with van der Waals surface area (Å²) in [4.78, 5) is 4.30. The van der Waals surface area contributed by atoms with Crippen LogP contribution in [0.1, 0.15) is 5.69 Å². The van der Waals surface area contributed by atoms with Crippen LogP contribution in [0.4, 0.5) is 5.69 Å². The molecule has 1 aromatic heterocycles. The van der Waals surface area contributed by atoms with E-state index < -0.39 is 0 Å². The van der Waals surface area contributed by atoms with Gasteiger partial charge in [0.1, 0.15) is 29.9 Å². The number of pyridine rings is 1. The maximum absolute atomic E-state index is 9.11. The first kappa shape index (κ1) is 15.6. The molecule has 1 N–H and O–H groups in total. The summed E-state index contributed by atoms with van der Waals surface area (Å²) in [5, 5.41) is 13.4. The second kappa shape index (κ2) is 7.34. The Hall–Kier alpha value is -3.26. The number of methoxy groups -OCH3 is 1. The van der Waals surface area contributed by atoms with E-state index in [0.717, 1.165) is 28.1 Å². The molecule has 0 spiro atoms. The van der Waals surface area contributed by atoms with E-state index in [9.17, 15) is 0 Å². The zero-order valence-corrected chi connectivity index (χ0v) is 13.3. The van der Waals surface area contributed by atoms with Crippen LogP contribution in [-0.4, -0.2) is 25.2 Å². The van der Waals surface area contributed by atoms with E-state index in [1.165, 1.54) is 0 Å². The number of hydrogen-bond donors (Lipinski definition) is 1. The number of benzene rings is 2. The van der Waals surface area contributed by atoms with Crippen LogP contribution in [0.5, 0.6) is 11.5 Å². The quantitative estimate of drug-likeness (QED) is 0.703. The predicted octanol–water partition coefficient (Wildman–Crippen LogP) is 3.61. The van der Waals surface area contributed by atoms with Gasteiger partial charge in [-0.25, -0.2) is 4.98 Å². The van der Waals surface area contributed by atoms with Gasteiger partial charge in [0.05, 0.1) is 12.6 Å². The molecule has 0 aliphatic rings. The van der Waals surface area contributed by atoms with Crippen molar-refractivity contribution >= 4 is 16.6 Å². The van der Waals surface area contributed by atoms with Crippen LogP contribution in [-0.2, 0) is 0 Å². The van der Waals surface area contributed by atoms with Gasteiger partial charge in [-0.2, -0.15) is 5.26 Å². The molecule has 120 valence electrons. The zero-order valence-electron chi connectivity index (χ0n) is 13.3. The Morgan fingerprint density at radius 3 is 2.75 bits per heavy atom. The van der Waals surface area contributed by atoms with Gasteiger partial charge < -0.3 is 14.8 Å². The monoisotopic (exact) mass is 319 g/mol. The summed E-state index contributed by atoms with van der Waals surface area (Å²) in [5.74, 6) is 1.52. The highest BCUT2D eigenvalue weighted by molar-refractivity contribution is 5.91. The van der Waals surface area contributed by atoms with Crippen molar-refractivity contribution in [2.24, 2.45) is 0 Å². The summed E-state index contributed by atoms with van der Waals surface area (Å²) < 4.78 is 10.9. The standard InChI is InChI=1S/C19H17N3O2/c1-23-15-5-4-6-16(12-15)24-10-9-21-19-11-14(13-20)22-18-8-3-2-7-17(18)19/h2-8,11-12H,9-10H2,1H3,(H,21,22). The third-order valence-corrected chi connectivity index (χ3v) is 3.56. The van der Waals surface area contributed by atoms with E-state index in [1.807, 2.05) is 48.5 Å². The molecule has 3 aromatic rings. The van der Waals surface area contributed by atoms with Gasteiger partial charge in [0.2, 0.25) is 0 Å². The van der Waals surface area contributed by atoms with Crippen LogP contribution in [0.25, 0.3) is 10.9 Å². The number of nitrogens with zero attached hydrogens (tertiary/aromatic N) is 2. The molecule has 1 heterocycles. The highest BCUT2D eigenvalue weighted by Crippen LogP contribution is 2.23. The highest BCUT2D eigenvalue weighted by atomic mass is 16.5. The minimum Gasteiger partial charge on any atom is -0.497 e. The van der Waals surface area contributed by atoms with Crippen LogP contribution < -0.4 is 14.8 Å². The predicted molar refractivity (Wildman–Crippen MR) is 93.4 cm³/mol. The number of fused-ring (bicyclic) bond motifs is 1. The molecule has 0 fully saturated rings. The number of hydrogen-bond acceptors (Lipinski definition) is 5. The third kappa shape index (κ3) is 3.55. The van der Waals surface area contributed by atoms with E-state index in [2.05, 4.69) is 16.4 Å². The summed E-state index contributed by atoms with van der Waals surface area (Å²) in [6, 6.07) is 19.1. The van der Waals surface area contributed by atoms with Crippen molar-refractivity contribution in [2.45, 2.75) is 0 Å². The molecule has 5 nitrogen and oxygen atoms in total. The lowest BCUT2D eigenvalue weighted by Gasteiger charge is -2.11. The van der Waals surface area contributed by atoms with Crippen LogP contribution in [0, 0.1) is 11.3 Å². The second-order valence-electron chi connectivity index (χ2n) is 5.14. The average molecular weight is 319 g/mol. The van der Waals surface area contributed by atoms with Gasteiger partial charge in [0.25, 0.3) is 0 Å². The molecule has 3 rings (SSSR count). The maximum atomic E-state index is 9.11.